The van der Waals surface area contributed by atoms with Crippen LogP contribution >= 0.6 is 0 Å². The maximum atomic E-state index is 9.33. The highest BCUT2D eigenvalue weighted by Gasteiger charge is 2.14. The monoisotopic (exact) mass is 282 g/mol. The van der Waals surface area contributed by atoms with Crippen LogP contribution in [0.1, 0.15) is 36.8 Å². The first-order chi connectivity index (χ1) is 10.3. The van der Waals surface area contributed by atoms with Crippen molar-refractivity contribution < 1.29 is 10.0 Å². The molecule has 0 aromatic heterocycles. The molecule has 0 saturated heterocycles. The van der Waals surface area contributed by atoms with Crippen molar-refractivity contribution in [1.29, 1.82) is 0 Å². The molecule has 2 aromatic carbocycles. The lowest BCUT2D eigenvalue weighted by molar-refractivity contribution is 0.425. The molecule has 0 amide bonds. The van der Waals surface area contributed by atoms with E-state index in [9.17, 15) is 10.0 Å². The summed E-state index contributed by atoms with van der Waals surface area (Å²) in [5.41, 5.74) is 3.10. The second-order valence-electron chi connectivity index (χ2n) is 5.47. The zero-order valence-corrected chi connectivity index (χ0v) is 12.4. The van der Waals surface area contributed by atoms with Crippen LogP contribution in [-0.2, 0) is 12.8 Å². The fraction of sp³-hybridized carbons (Fsp3) is 0.333. The van der Waals surface area contributed by atoms with Gasteiger partial charge in [-0.2, -0.15) is 0 Å². The highest BCUT2D eigenvalue weighted by Crippen LogP contribution is 2.10. The minimum atomic E-state index is -1.36. The molecule has 2 aromatic rings. The molecule has 0 atom stereocenters. The molecular weight excluding hydrogens is 259 g/mol. The Labute approximate surface area is 127 Å². The smallest absolute Gasteiger partial charge is 0.423 e. The molecule has 0 aliphatic heterocycles. The van der Waals surface area contributed by atoms with Gasteiger partial charge < -0.3 is 10.0 Å². The molecule has 110 valence electrons. The molecule has 0 saturated carbocycles. The molecule has 0 unspecified atom stereocenters. The third-order valence-electron chi connectivity index (χ3n) is 3.84. The van der Waals surface area contributed by atoms with E-state index in [1.807, 2.05) is 18.2 Å². The molecule has 0 spiro atoms. The molecular formula is C18H23BO2. The van der Waals surface area contributed by atoms with Gasteiger partial charge in [0.2, 0.25) is 0 Å². The largest absolute Gasteiger partial charge is 0.488 e. The SMILES string of the molecule is OB(O)c1ccccc1CCCCCCc1ccccc1. The van der Waals surface area contributed by atoms with Gasteiger partial charge in [-0.15, -0.1) is 0 Å². The van der Waals surface area contributed by atoms with Gasteiger partial charge in [0, 0.05) is 0 Å². The van der Waals surface area contributed by atoms with Crippen LogP contribution in [0.4, 0.5) is 0 Å². The second kappa shape index (κ2) is 8.65. The van der Waals surface area contributed by atoms with Crippen molar-refractivity contribution in [3.05, 3.63) is 65.7 Å². The predicted octanol–water partition coefficient (Wildman–Crippen LogP) is 2.71. The average molecular weight is 282 g/mol. The van der Waals surface area contributed by atoms with E-state index in [0.29, 0.717) is 5.46 Å². The predicted molar refractivity (Wildman–Crippen MR) is 88.6 cm³/mol. The van der Waals surface area contributed by atoms with Crippen LogP contribution in [-0.4, -0.2) is 17.2 Å². The third kappa shape index (κ3) is 5.37. The summed E-state index contributed by atoms with van der Waals surface area (Å²) in [6, 6.07) is 18.2. The van der Waals surface area contributed by atoms with E-state index in [0.717, 1.165) is 24.8 Å². The van der Waals surface area contributed by atoms with Crippen molar-refractivity contribution >= 4 is 12.6 Å². The van der Waals surface area contributed by atoms with E-state index in [2.05, 4.69) is 30.3 Å². The van der Waals surface area contributed by atoms with Gasteiger partial charge in [-0.1, -0.05) is 67.4 Å². The van der Waals surface area contributed by atoms with Crippen LogP contribution < -0.4 is 5.46 Å². The Hall–Kier alpha value is -1.58. The molecule has 3 heteroatoms. The first kappa shape index (κ1) is 15.8. The fourth-order valence-electron chi connectivity index (χ4n) is 2.66. The summed E-state index contributed by atoms with van der Waals surface area (Å²) < 4.78 is 0. The number of unbranched alkanes of at least 4 members (excludes halogenated alkanes) is 3. The molecule has 0 fully saturated rings. The average Bonchev–Trinajstić information content (AvgIpc) is 2.52. The van der Waals surface area contributed by atoms with E-state index in [1.165, 1.54) is 24.8 Å². The van der Waals surface area contributed by atoms with Crippen molar-refractivity contribution in [3.8, 4) is 0 Å². The minimum Gasteiger partial charge on any atom is -0.423 e. The molecule has 21 heavy (non-hydrogen) atoms. The first-order valence-corrected chi connectivity index (χ1v) is 7.75. The number of aryl methyl sites for hydroxylation is 2. The van der Waals surface area contributed by atoms with Crippen LogP contribution in [0.25, 0.3) is 0 Å². The molecule has 0 aliphatic carbocycles. The Balaban J connectivity index is 1.66. The number of hydrogen-bond acceptors (Lipinski definition) is 2. The Morgan fingerprint density at radius 1 is 0.667 bits per heavy atom. The quantitative estimate of drug-likeness (QED) is 0.577. The summed E-state index contributed by atoms with van der Waals surface area (Å²) in [7, 11) is -1.36. The lowest BCUT2D eigenvalue weighted by atomic mass is 9.76. The van der Waals surface area contributed by atoms with E-state index in [1.54, 1.807) is 6.07 Å². The lowest BCUT2D eigenvalue weighted by Gasteiger charge is -2.08. The van der Waals surface area contributed by atoms with E-state index in [4.69, 9.17) is 0 Å². The summed E-state index contributed by atoms with van der Waals surface area (Å²) in [6.07, 6.45) is 6.78. The third-order valence-corrected chi connectivity index (χ3v) is 3.84. The number of hydrogen-bond donors (Lipinski definition) is 2. The zero-order valence-electron chi connectivity index (χ0n) is 12.4. The molecule has 2 N–H and O–H groups in total. The zero-order chi connectivity index (χ0) is 14.9. The Bertz CT molecular complexity index is 526. The van der Waals surface area contributed by atoms with Gasteiger partial charge in [0.25, 0.3) is 0 Å². The molecule has 2 rings (SSSR count). The van der Waals surface area contributed by atoms with Gasteiger partial charge in [-0.3, -0.25) is 0 Å². The van der Waals surface area contributed by atoms with Gasteiger partial charge in [-0.05, 0) is 42.3 Å². The molecule has 0 bridgehead atoms. The van der Waals surface area contributed by atoms with Crippen LogP contribution in [0.2, 0.25) is 0 Å². The minimum absolute atomic E-state index is 0.641. The van der Waals surface area contributed by atoms with Crippen LogP contribution in [0.15, 0.2) is 54.6 Å². The molecule has 0 heterocycles. The second-order valence-corrected chi connectivity index (χ2v) is 5.47. The van der Waals surface area contributed by atoms with Gasteiger partial charge in [0.1, 0.15) is 0 Å². The van der Waals surface area contributed by atoms with Gasteiger partial charge >= 0.3 is 7.12 Å². The highest BCUT2D eigenvalue weighted by molar-refractivity contribution is 6.59. The van der Waals surface area contributed by atoms with Crippen molar-refractivity contribution in [3.63, 3.8) is 0 Å². The molecule has 0 aliphatic rings. The van der Waals surface area contributed by atoms with Crippen molar-refractivity contribution in [2.24, 2.45) is 0 Å². The Morgan fingerprint density at radius 2 is 1.29 bits per heavy atom. The highest BCUT2D eigenvalue weighted by atomic mass is 16.4. The van der Waals surface area contributed by atoms with E-state index < -0.39 is 7.12 Å². The summed E-state index contributed by atoms with van der Waals surface area (Å²) in [5.74, 6) is 0. The molecule has 2 nitrogen and oxygen atoms in total. The lowest BCUT2D eigenvalue weighted by Crippen LogP contribution is -2.32. The van der Waals surface area contributed by atoms with E-state index in [-0.39, 0.29) is 0 Å². The molecule has 0 radical (unpaired) electrons. The fourth-order valence-corrected chi connectivity index (χ4v) is 2.66. The standard InChI is InChI=1S/C18H23BO2/c20-19(21)18-15-9-8-14-17(18)13-7-2-1-4-10-16-11-5-3-6-12-16/h3,5-6,8-9,11-12,14-15,20-21H,1-2,4,7,10,13H2. The van der Waals surface area contributed by atoms with Gasteiger partial charge in [0.05, 0.1) is 0 Å². The van der Waals surface area contributed by atoms with Crippen LogP contribution in [0.5, 0.6) is 0 Å². The van der Waals surface area contributed by atoms with Crippen LogP contribution in [0.3, 0.4) is 0 Å². The summed E-state index contributed by atoms with van der Waals surface area (Å²) in [4.78, 5) is 0. The number of rotatable bonds is 8. The maximum absolute atomic E-state index is 9.33. The summed E-state index contributed by atoms with van der Waals surface area (Å²) >= 11 is 0. The maximum Gasteiger partial charge on any atom is 0.488 e. The summed E-state index contributed by atoms with van der Waals surface area (Å²) in [5, 5.41) is 18.7. The van der Waals surface area contributed by atoms with E-state index >= 15 is 0 Å². The van der Waals surface area contributed by atoms with Crippen molar-refractivity contribution in [2.75, 3.05) is 0 Å². The Kier molecular flexibility index (Phi) is 6.51. The first-order valence-electron chi connectivity index (χ1n) is 7.75. The summed E-state index contributed by atoms with van der Waals surface area (Å²) in [6.45, 7) is 0. The van der Waals surface area contributed by atoms with Gasteiger partial charge in [-0.25, -0.2) is 0 Å². The number of benzene rings is 2. The topological polar surface area (TPSA) is 40.5 Å². The van der Waals surface area contributed by atoms with Crippen molar-refractivity contribution in [2.45, 2.75) is 38.5 Å². The van der Waals surface area contributed by atoms with Gasteiger partial charge in [0.15, 0.2) is 0 Å². The normalized spacial score (nSPS) is 10.6. The van der Waals surface area contributed by atoms with Crippen LogP contribution in [0, 0.1) is 0 Å². The Morgan fingerprint density at radius 3 is 2.00 bits per heavy atom. The van der Waals surface area contributed by atoms with Crippen molar-refractivity contribution in [1.82, 2.24) is 0 Å².